The fourth-order valence-corrected chi connectivity index (χ4v) is 4.06. The lowest BCUT2D eigenvalue weighted by molar-refractivity contribution is -0.136. The van der Waals surface area contributed by atoms with Gasteiger partial charge in [0.1, 0.15) is 5.52 Å². The van der Waals surface area contributed by atoms with Crippen molar-refractivity contribution in [1.82, 2.24) is 9.97 Å². The van der Waals surface area contributed by atoms with Crippen LogP contribution in [-0.2, 0) is 17.6 Å². The van der Waals surface area contributed by atoms with E-state index in [0.29, 0.717) is 12.4 Å². The predicted molar refractivity (Wildman–Crippen MR) is 130 cm³/mol. The maximum absolute atomic E-state index is 10.9. The average molecular weight is 429 g/mol. The Kier molecular flexibility index (Phi) is 6.21. The zero-order valence-corrected chi connectivity index (χ0v) is 18.5. The summed E-state index contributed by atoms with van der Waals surface area (Å²) in [5.74, 6) is -0.312. The first-order chi connectivity index (χ1) is 15.4. The standard InChI is InChI=1S/C26H28N4O2/c1-3-30(13-12-24(31)32)20-9-7-18(8-10-20)5-6-19-15-22-21-11-4-17(2)14-23(21)29-26(27)25(22)28-16-19/h4,7-11,14-16H,3,5-6,12-13H2,1-2H3,(H2,27,29)(H,31,32). The molecule has 2 aromatic heterocycles. The molecule has 0 atom stereocenters. The Morgan fingerprint density at radius 2 is 1.78 bits per heavy atom. The smallest absolute Gasteiger partial charge is 0.305 e. The van der Waals surface area contributed by atoms with Gasteiger partial charge >= 0.3 is 5.97 Å². The highest BCUT2D eigenvalue weighted by molar-refractivity contribution is 6.08. The lowest BCUT2D eigenvalue weighted by Crippen LogP contribution is -2.25. The van der Waals surface area contributed by atoms with Gasteiger partial charge in [0.25, 0.3) is 0 Å². The van der Waals surface area contributed by atoms with Crippen LogP contribution in [0.3, 0.4) is 0 Å². The molecular formula is C26H28N4O2. The van der Waals surface area contributed by atoms with E-state index in [9.17, 15) is 4.79 Å². The van der Waals surface area contributed by atoms with E-state index in [1.807, 2.05) is 20.0 Å². The van der Waals surface area contributed by atoms with Gasteiger partial charge in [0.05, 0.1) is 11.9 Å². The molecule has 0 aliphatic rings. The molecule has 4 aromatic rings. The summed E-state index contributed by atoms with van der Waals surface area (Å²) in [5, 5.41) is 11.0. The van der Waals surface area contributed by atoms with Gasteiger partial charge in [-0.15, -0.1) is 0 Å². The number of aliphatic carboxylic acids is 1. The fourth-order valence-electron chi connectivity index (χ4n) is 4.06. The summed E-state index contributed by atoms with van der Waals surface area (Å²) in [7, 11) is 0. The summed E-state index contributed by atoms with van der Waals surface area (Å²) >= 11 is 0. The van der Waals surface area contributed by atoms with Crippen molar-refractivity contribution in [2.75, 3.05) is 23.7 Å². The number of anilines is 2. The van der Waals surface area contributed by atoms with E-state index in [2.05, 4.69) is 63.4 Å². The van der Waals surface area contributed by atoms with Gasteiger partial charge in [0.2, 0.25) is 0 Å². The van der Waals surface area contributed by atoms with E-state index < -0.39 is 5.97 Å². The summed E-state index contributed by atoms with van der Waals surface area (Å²) in [4.78, 5) is 22.1. The number of nitrogen functional groups attached to an aromatic ring is 1. The van der Waals surface area contributed by atoms with Gasteiger partial charge in [-0.05, 0) is 67.6 Å². The number of fused-ring (bicyclic) bond motifs is 3. The molecule has 3 N–H and O–H groups in total. The van der Waals surface area contributed by atoms with Crippen LogP contribution in [0.25, 0.3) is 21.8 Å². The zero-order chi connectivity index (χ0) is 22.7. The molecule has 6 nitrogen and oxygen atoms in total. The van der Waals surface area contributed by atoms with Gasteiger partial charge in [-0.1, -0.05) is 24.3 Å². The Morgan fingerprint density at radius 1 is 1.03 bits per heavy atom. The molecule has 32 heavy (non-hydrogen) atoms. The Balaban J connectivity index is 1.51. The van der Waals surface area contributed by atoms with E-state index in [0.717, 1.165) is 58.0 Å². The quantitative estimate of drug-likeness (QED) is 0.393. The molecule has 0 aliphatic heterocycles. The van der Waals surface area contributed by atoms with Crippen molar-refractivity contribution in [3.63, 3.8) is 0 Å². The molecule has 0 saturated carbocycles. The number of hydrogen-bond donors (Lipinski definition) is 2. The average Bonchev–Trinajstić information content (AvgIpc) is 2.78. The van der Waals surface area contributed by atoms with Gasteiger partial charge in [-0.25, -0.2) is 4.98 Å². The number of aryl methyl sites for hydroxylation is 3. The third-order valence-electron chi connectivity index (χ3n) is 5.85. The minimum absolute atomic E-state index is 0.138. The van der Waals surface area contributed by atoms with Crippen molar-refractivity contribution < 1.29 is 9.90 Å². The van der Waals surface area contributed by atoms with Crippen molar-refractivity contribution in [2.45, 2.75) is 33.1 Å². The van der Waals surface area contributed by atoms with Crippen LogP contribution in [0.1, 0.15) is 30.0 Å². The molecule has 0 unspecified atom stereocenters. The summed E-state index contributed by atoms with van der Waals surface area (Å²) < 4.78 is 0. The zero-order valence-electron chi connectivity index (χ0n) is 18.5. The largest absolute Gasteiger partial charge is 0.481 e. The van der Waals surface area contributed by atoms with Gasteiger partial charge in [0.15, 0.2) is 5.82 Å². The van der Waals surface area contributed by atoms with E-state index >= 15 is 0 Å². The third kappa shape index (κ3) is 4.64. The predicted octanol–water partition coefficient (Wildman–Crippen LogP) is 4.76. The maximum atomic E-state index is 10.9. The number of pyridine rings is 2. The number of hydrogen-bond acceptors (Lipinski definition) is 5. The van der Waals surface area contributed by atoms with Gasteiger partial charge in [-0.2, -0.15) is 0 Å². The second-order valence-corrected chi connectivity index (χ2v) is 8.15. The monoisotopic (exact) mass is 428 g/mol. The van der Waals surface area contributed by atoms with Crippen LogP contribution in [0.4, 0.5) is 11.5 Å². The molecule has 2 aromatic carbocycles. The van der Waals surface area contributed by atoms with Gasteiger partial charge < -0.3 is 15.7 Å². The molecule has 0 amide bonds. The number of carboxylic acids is 1. The number of carbonyl (C=O) groups is 1. The molecule has 0 fully saturated rings. The number of nitrogens with two attached hydrogens (primary N) is 1. The summed E-state index contributed by atoms with van der Waals surface area (Å²) in [5.41, 5.74) is 12.4. The Hall–Kier alpha value is -3.67. The normalized spacial score (nSPS) is 11.2. The topological polar surface area (TPSA) is 92.3 Å². The molecule has 164 valence electrons. The number of benzene rings is 2. The van der Waals surface area contributed by atoms with E-state index in [1.165, 1.54) is 5.56 Å². The highest BCUT2D eigenvalue weighted by Crippen LogP contribution is 2.28. The van der Waals surface area contributed by atoms with E-state index in [4.69, 9.17) is 10.8 Å². The van der Waals surface area contributed by atoms with Crippen LogP contribution in [0.5, 0.6) is 0 Å². The summed E-state index contributed by atoms with van der Waals surface area (Å²) in [6.45, 7) is 5.38. The van der Waals surface area contributed by atoms with Crippen LogP contribution in [0, 0.1) is 6.92 Å². The van der Waals surface area contributed by atoms with Crippen LogP contribution >= 0.6 is 0 Å². The maximum Gasteiger partial charge on any atom is 0.305 e. The van der Waals surface area contributed by atoms with Crippen LogP contribution in [0.15, 0.2) is 54.7 Å². The number of aromatic nitrogens is 2. The molecule has 0 saturated heterocycles. The number of nitrogens with zero attached hydrogens (tertiary/aromatic N) is 3. The Morgan fingerprint density at radius 3 is 2.50 bits per heavy atom. The lowest BCUT2D eigenvalue weighted by Gasteiger charge is -2.22. The lowest BCUT2D eigenvalue weighted by atomic mass is 10.0. The van der Waals surface area contributed by atoms with Crippen molar-refractivity contribution in [1.29, 1.82) is 0 Å². The van der Waals surface area contributed by atoms with Gasteiger partial charge in [0, 0.05) is 35.7 Å². The van der Waals surface area contributed by atoms with Crippen molar-refractivity contribution in [2.24, 2.45) is 0 Å². The molecule has 4 rings (SSSR count). The van der Waals surface area contributed by atoms with Crippen molar-refractivity contribution >= 4 is 39.3 Å². The summed E-state index contributed by atoms with van der Waals surface area (Å²) in [6, 6.07) is 16.8. The first-order valence-corrected chi connectivity index (χ1v) is 10.9. The van der Waals surface area contributed by atoms with Crippen molar-refractivity contribution in [3.05, 3.63) is 71.4 Å². The van der Waals surface area contributed by atoms with E-state index in [1.54, 1.807) is 0 Å². The molecule has 0 radical (unpaired) electrons. The Labute approximate surface area is 187 Å². The van der Waals surface area contributed by atoms with Crippen LogP contribution in [0.2, 0.25) is 0 Å². The molecule has 0 spiro atoms. The first-order valence-electron chi connectivity index (χ1n) is 10.9. The van der Waals surface area contributed by atoms with E-state index in [-0.39, 0.29) is 6.42 Å². The summed E-state index contributed by atoms with van der Waals surface area (Å²) in [6.07, 6.45) is 3.79. The second kappa shape index (κ2) is 9.22. The first kappa shape index (κ1) is 21.6. The fraction of sp³-hybridized carbons (Fsp3) is 0.269. The minimum atomic E-state index is -0.774. The molecule has 6 heteroatoms. The third-order valence-corrected chi connectivity index (χ3v) is 5.85. The number of rotatable bonds is 8. The van der Waals surface area contributed by atoms with Gasteiger partial charge in [-0.3, -0.25) is 9.78 Å². The van der Waals surface area contributed by atoms with Crippen LogP contribution < -0.4 is 10.6 Å². The molecule has 2 heterocycles. The second-order valence-electron chi connectivity index (χ2n) is 8.15. The molecule has 0 aliphatic carbocycles. The minimum Gasteiger partial charge on any atom is -0.481 e. The Bertz CT molecular complexity index is 1270. The van der Waals surface area contributed by atoms with Crippen molar-refractivity contribution in [3.8, 4) is 0 Å². The molecular weight excluding hydrogens is 400 g/mol. The SMILES string of the molecule is CCN(CCC(=O)O)c1ccc(CCc2cnc3c(N)nc4cc(C)ccc4c3c2)cc1. The van der Waals surface area contributed by atoms with Crippen LogP contribution in [-0.4, -0.2) is 34.1 Å². The molecule has 0 bridgehead atoms. The number of carboxylic acid groups (broad SMARTS) is 1. The highest BCUT2D eigenvalue weighted by atomic mass is 16.4. The highest BCUT2D eigenvalue weighted by Gasteiger charge is 2.10.